The van der Waals surface area contributed by atoms with Crippen LogP contribution in [0.2, 0.25) is 0 Å². The molecule has 24 heavy (non-hydrogen) atoms. The van der Waals surface area contributed by atoms with Crippen molar-refractivity contribution in [3.63, 3.8) is 0 Å². The lowest BCUT2D eigenvalue weighted by Crippen LogP contribution is -2.47. The molecule has 3 heterocycles. The summed E-state index contributed by atoms with van der Waals surface area (Å²) in [6.45, 7) is 11.2. The Balaban J connectivity index is 1.62. The average Bonchev–Trinajstić information content (AvgIpc) is 2.97. The van der Waals surface area contributed by atoms with Gasteiger partial charge in [0.25, 0.3) is 5.91 Å². The minimum Gasteiger partial charge on any atom is -0.475 e. The van der Waals surface area contributed by atoms with Gasteiger partial charge in [-0.25, -0.2) is 4.98 Å². The number of carbonyl (C=O) groups excluding carboxylic acids is 1. The fraction of sp³-hybridized carbons (Fsp3) is 0.667. The van der Waals surface area contributed by atoms with Crippen LogP contribution >= 0.6 is 0 Å². The molecule has 0 aromatic carbocycles. The SMILES string of the molecule is CC(C)Oc1ccc(C(=O)N2CC(C)C(N3CCOCC3)C2)cn1. The summed E-state index contributed by atoms with van der Waals surface area (Å²) < 4.78 is 11.0. The number of rotatable bonds is 4. The first-order chi connectivity index (χ1) is 11.5. The van der Waals surface area contributed by atoms with Crippen molar-refractivity contribution >= 4 is 5.91 Å². The number of hydrogen-bond donors (Lipinski definition) is 0. The van der Waals surface area contributed by atoms with E-state index >= 15 is 0 Å². The second kappa shape index (κ2) is 7.49. The van der Waals surface area contributed by atoms with E-state index in [1.165, 1.54) is 0 Å². The van der Waals surface area contributed by atoms with E-state index in [1.54, 1.807) is 18.3 Å². The first-order valence-corrected chi connectivity index (χ1v) is 8.78. The van der Waals surface area contributed by atoms with Crippen molar-refractivity contribution in [3.8, 4) is 5.88 Å². The van der Waals surface area contributed by atoms with E-state index in [-0.39, 0.29) is 12.0 Å². The Morgan fingerprint density at radius 2 is 2.04 bits per heavy atom. The number of morpholine rings is 1. The van der Waals surface area contributed by atoms with E-state index in [1.807, 2.05) is 18.7 Å². The predicted molar refractivity (Wildman–Crippen MR) is 91.2 cm³/mol. The number of pyridine rings is 1. The molecule has 6 heteroatoms. The van der Waals surface area contributed by atoms with Crippen molar-refractivity contribution in [1.82, 2.24) is 14.8 Å². The van der Waals surface area contributed by atoms with Gasteiger partial charge in [-0.15, -0.1) is 0 Å². The maximum atomic E-state index is 12.8. The van der Waals surface area contributed by atoms with Crippen molar-refractivity contribution in [2.75, 3.05) is 39.4 Å². The molecule has 2 aliphatic rings. The molecule has 1 amide bonds. The molecule has 2 unspecified atom stereocenters. The van der Waals surface area contributed by atoms with Crippen molar-refractivity contribution in [2.24, 2.45) is 5.92 Å². The summed E-state index contributed by atoms with van der Waals surface area (Å²) in [5.41, 5.74) is 0.626. The normalized spacial score (nSPS) is 25.2. The van der Waals surface area contributed by atoms with E-state index in [0.717, 1.165) is 39.4 Å². The van der Waals surface area contributed by atoms with Gasteiger partial charge in [0.2, 0.25) is 5.88 Å². The minimum atomic E-state index is 0.0567. The van der Waals surface area contributed by atoms with Crippen molar-refractivity contribution in [2.45, 2.75) is 32.9 Å². The molecule has 0 N–H and O–H groups in total. The smallest absolute Gasteiger partial charge is 0.255 e. The number of amides is 1. The van der Waals surface area contributed by atoms with Gasteiger partial charge in [-0.05, 0) is 25.8 Å². The summed E-state index contributed by atoms with van der Waals surface area (Å²) in [5.74, 6) is 1.09. The molecular formula is C18H27N3O3. The van der Waals surface area contributed by atoms with Gasteiger partial charge in [-0.3, -0.25) is 9.69 Å². The Hall–Kier alpha value is -1.66. The van der Waals surface area contributed by atoms with Gasteiger partial charge in [-0.2, -0.15) is 0 Å². The number of carbonyl (C=O) groups is 1. The van der Waals surface area contributed by atoms with Crippen molar-refractivity contribution in [1.29, 1.82) is 0 Å². The third kappa shape index (κ3) is 3.87. The maximum Gasteiger partial charge on any atom is 0.255 e. The van der Waals surface area contributed by atoms with Gasteiger partial charge in [0.05, 0.1) is 24.9 Å². The second-order valence-corrected chi connectivity index (χ2v) is 6.95. The Labute approximate surface area is 143 Å². The summed E-state index contributed by atoms with van der Waals surface area (Å²) in [5, 5.41) is 0. The van der Waals surface area contributed by atoms with Gasteiger partial charge in [0.15, 0.2) is 0 Å². The van der Waals surface area contributed by atoms with Gasteiger partial charge in [0.1, 0.15) is 0 Å². The highest BCUT2D eigenvalue weighted by atomic mass is 16.5. The monoisotopic (exact) mass is 333 g/mol. The zero-order valence-electron chi connectivity index (χ0n) is 14.8. The lowest BCUT2D eigenvalue weighted by Gasteiger charge is -2.33. The second-order valence-electron chi connectivity index (χ2n) is 6.95. The number of nitrogens with zero attached hydrogens (tertiary/aromatic N) is 3. The topological polar surface area (TPSA) is 54.9 Å². The summed E-state index contributed by atoms with van der Waals surface area (Å²) in [6.07, 6.45) is 1.69. The molecular weight excluding hydrogens is 306 g/mol. The molecule has 1 aromatic heterocycles. The Morgan fingerprint density at radius 3 is 2.67 bits per heavy atom. The molecule has 2 aliphatic heterocycles. The van der Waals surface area contributed by atoms with Gasteiger partial charge in [0, 0.05) is 44.5 Å². The van der Waals surface area contributed by atoms with Crippen LogP contribution in [0, 0.1) is 5.92 Å². The van der Waals surface area contributed by atoms with Crippen LogP contribution < -0.4 is 4.74 Å². The Morgan fingerprint density at radius 1 is 1.29 bits per heavy atom. The van der Waals surface area contributed by atoms with Crippen LogP contribution in [0.15, 0.2) is 18.3 Å². The van der Waals surface area contributed by atoms with E-state index in [0.29, 0.717) is 23.4 Å². The summed E-state index contributed by atoms with van der Waals surface area (Å²) >= 11 is 0. The lowest BCUT2D eigenvalue weighted by atomic mass is 10.0. The van der Waals surface area contributed by atoms with Crippen LogP contribution in [0.25, 0.3) is 0 Å². The zero-order chi connectivity index (χ0) is 17.1. The fourth-order valence-electron chi connectivity index (χ4n) is 3.50. The van der Waals surface area contributed by atoms with Crippen molar-refractivity contribution < 1.29 is 14.3 Å². The standard InChI is InChI=1S/C18H27N3O3/c1-13(2)24-17-5-4-15(10-19-17)18(22)21-11-14(3)16(12-21)20-6-8-23-9-7-20/h4-5,10,13-14,16H,6-9,11-12H2,1-3H3. The molecule has 0 spiro atoms. The van der Waals surface area contributed by atoms with Gasteiger partial charge in [-0.1, -0.05) is 6.92 Å². The van der Waals surface area contributed by atoms with E-state index < -0.39 is 0 Å². The summed E-state index contributed by atoms with van der Waals surface area (Å²) in [4.78, 5) is 21.4. The number of aromatic nitrogens is 1. The van der Waals surface area contributed by atoms with Crippen molar-refractivity contribution in [3.05, 3.63) is 23.9 Å². The Kier molecular flexibility index (Phi) is 5.36. The molecule has 2 fully saturated rings. The highest BCUT2D eigenvalue weighted by molar-refractivity contribution is 5.94. The van der Waals surface area contributed by atoms with E-state index in [4.69, 9.17) is 9.47 Å². The molecule has 2 saturated heterocycles. The summed E-state index contributed by atoms with van der Waals surface area (Å²) in [7, 11) is 0. The third-order valence-corrected chi connectivity index (χ3v) is 4.71. The molecule has 132 valence electrons. The summed E-state index contributed by atoms with van der Waals surface area (Å²) in [6, 6.07) is 4.00. The molecule has 1 aromatic rings. The highest BCUT2D eigenvalue weighted by Gasteiger charge is 2.36. The Bertz CT molecular complexity index is 555. The third-order valence-electron chi connectivity index (χ3n) is 4.71. The number of hydrogen-bond acceptors (Lipinski definition) is 5. The van der Waals surface area contributed by atoms with Crippen LogP contribution in [-0.2, 0) is 4.74 Å². The van der Waals surface area contributed by atoms with Crippen LogP contribution in [0.5, 0.6) is 5.88 Å². The number of likely N-dealkylation sites (tertiary alicyclic amines) is 1. The molecule has 6 nitrogen and oxygen atoms in total. The number of ether oxygens (including phenoxy) is 2. The maximum absolute atomic E-state index is 12.8. The van der Waals surface area contributed by atoms with E-state index in [9.17, 15) is 4.79 Å². The minimum absolute atomic E-state index is 0.0567. The first kappa shape index (κ1) is 17.2. The van der Waals surface area contributed by atoms with Crippen LogP contribution in [-0.4, -0.2) is 72.2 Å². The van der Waals surface area contributed by atoms with Gasteiger partial charge < -0.3 is 14.4 Å². The largest absolute Gasteiger partial charge is 0.475 e. The molecule has 0 saturated carbocycles. The fourth-order valence-corrected chi connectivity index (χ4v) is 3.50. The lowest BCUT2D eigenvalue weighted by molar-refractivity contribution is 0.0119. The molecule has 3 rings (SSSR count). The van der Waals surface area contributed by atoms with Crippen LogP contribution in [0.4, 0.5) is 0 Å². The van der Waals surface area contributed by atoms with Crippen LogP contribution in [0.1, 0.15) is 31.1 Å². The molecule has 2 atom stereocenters. The molecule has 0 radical (unpaired) electrons. The quantitative estimate of drug-likeness (QED) is 0.839. The molecule has 0 bridgehead atoms. The highest BCUT2D eigenvalue weighted by Crippen LogP contribution is 2.24. The van der Waals surface area contributed by atoms with Gasteiger partial charge >= 0.3 is 0 Å². The van der Waals surface area contributed by atoms with Crippen LogP contribution in [0.3, 0.4) is 0 Å². The molecule has 0 aliphatic carbocycles. The predicted octanol–water partition coefficient (Wildman–Crippen LogP) is 1.66. The zero-order valence-corrected chi connectivity index (χ0v) is 14.8. The average molecular weight is 333 g/mol. The van der Waals surface area contributed by atoms with E-state index in [2.05, 4.69) is 16.8 Å². The first-order valence-electron chi connectivity index (χ1n) is 8.78.